The summed E-state index contributed by atoms with van der Waals surface area (Å²) in [7, 11) is 3.65. The lowest BCUT2D eigenvalue weighted by atomic mass is 10.1. The summed E-state index contributed by atoms with van der Waals surface area (Å²) >= 11 is 0. The SMILES string of the molecule is CN(C)CCN(CC(=O)O)C(=O)[C@@H]1C[C@@H]1c1cc(F)ccc1F. The predicted molar refractivity (Wildman–Crippen MR) is 80.0 cm³/mol. The Kier molecular flexibility index (Phi) is 5.30. The fraction of sp³-hybridized carbons (Fsp3) is 0.500. The molecule has 1 aliphatic rings. The number of carbonyl (C=O) groups excluding carboxylic acids is 1. The van der Waals surface area contributed by atoms with Crippen LogP contribution in [0.15, 0.2) is 18.2 Å². The van der Waals surface area contributed by atoms with Crippen molar-refractivity contribution in [2.24, 2.45) is 5.92 Å². The number of amides is 1. The maximum Gasteiger partial charge on any atom is 0.323 e. The van der Waals surface area contributed by atoms with Crippen LogP contribution >= 0.6 is 0 Å². The van der Waals surface area contributed by atoms with Gasteiger partial charge in [0.2, 0.25) is 5.91 Å². The number of rotatable bonds is 7. The number of carboxylic acids is 1. The highest BCUT2D eigenvalue weighted by Gasteiger charge is 2.47. The number of carboxylic acid groups (broad SMARTS) is 1. The first-order valence-electron chi connectivity index (χ1n) is 7.40. The minimum atomic E-state index is -1.09. The van der Waals surface area contributed by atoms with E-state index >= 15 is 0 Å². The normalized spacial score (nSPS) is 19.7. The number of hydrogen-bond acceptors (Lipinski definition) is 3. The number of benzene rings is 1. The quantitative estimate of drug-likeness (QED) is 0.826. The molecule has 1 N–H and O–H groups in total. The average Bonchev–Trinajstić information content (AvgIpc) is 3.25. The summed E-state index contributed by atoms with van der Waals surface area (Å²) in [6.07, 6.45) is 0.414. The molecule has 0 spiro atoms. The van der Waals surface area contributed by atoms with Crippen LogP contribution in [0.25, 0.3) is 0 Å². The van der Waals surface area contributed by atoms with Gasteiger partial charge in [0.25, 0.3) is 0 Å². The topological polar surface area (TPSA) is 60.9 Å². The van der Waals surface area contributed by atoms with Crippen LogP contribution in [0, 0.1) is 17.6 Å². The molecular formula is C16H20F2N2O3. The van der Waals surface area contributed by atoms with Crippen molar-refractivity contribution in [2.75, 3.05) is 33.7 Å². The molecule has 0 radical (unpaired) electrons. The Hall–Kier alpha value is -2.02. The molecule has 126 valence electrons. The zero-order valence-corrected chi connectivity index (χ0v) is 13.1. The molecule has 5 nitrogen and oxygen atoms in total. The number of halogens is 2. The lowest BCUT2D eigenvalue weighted by molar-refractivity contribution is -0.145. The minimum absolute atomic E-state index is 0.186. The summed E-state index contributed by atoms with van der Waals surface area (Å²) in [5, 5.41) is 8.95. The number of carbonyl (C=O) groups is 2. The molecule has 7 heteroatoms. The van der Waals surface area contributed by atoms with Gasteiger partial charge < -0.3 is 14.9 Å². The van der Waals surface area contributed by atoms with Crippen molar-refractivity contribution >= 4 is 11.9 Å². The Morgan fingerprint density at radius 3 is 2.57 bits per heavy atom. The van der Waals surface area contributed by atoms with E-state index in [2.05, 4.69) is 0 Å². The Balaban J connectivity index is 2.06. The van der Waals surface area contributed by atoms with Gasteiger partial charge in [-0.3, -0.25) is 9.59 Å². The summed E-state index contributed by atoms with van der Waals surface area (Å²) in [6, 6.07) is 3.19. The highest BCUT2D eigenvalue weighted by Crippen LogP contribution is 2.49. The molecule has 0 heterocycles. The molecule has 1 saturated carbocycles. The van der Waals surface area contributed by atoms with Gasteiger partial charge in [-0.15, -0.1) is 0 Å². The van der Waals surface area contributed by atoms with E-state index in [1.54, 1.807) is 0 Å². The first kappa shape index (κ1) is 17.3. The second-order valence-electron chi connectivity index (χ2n) is 6.07. The van der Waals surface area contributed by atoms with Gasteiger partial charge in [-0.1, -0.05) is 0 Å². The molecule has 1 amide bonds. The molecule has 2 atom stereocenters. The zero-order valence-electron chi connectivity index (χ0n) is 13.1. The largest absolute Gasteiger partial charge is 0.480 e. The first-order chi connectivity index (χ1) is 10.8. The van der Waals surface area contributed by atoms with Gasteiger partial charge in [0, 0.05) is 19.0 Å². The third-order valence-electron chi connectivity index (χ3n) is 3.92. The molecule has 1 fully saturated rings. The summed E-state index contributed by atoms with van der Waals surface area (Å²) in [6.45, 7) is 0.430. The van der Waals surface area contributed by atoms with E-state index in [4.69, 9.17) is 5.11 Å². The smallest absolute Gasteiger partial charge is 0.323 e. The van der Waals surface area contributed by atoms with Crippen molar-refractivity contribution in [3.63, 3.8) is 0 Å². The molecule has 0 unspecified atom stereocenters. The van der Waals surface area contributed by atoms with Crippen LogP contribution < -0.4 is 0 Å². The van der Waals surface area contributed by atoms with E-state index in [0.717, 1.165) is 18.2 Å². The fourth-order valence-electron chi connectivity index (χ4n) is 2.60. The van der Waals surface area contributed by atoms with Crippen molar-refractivity contribution in [1.82, 2.24) is 9.80 Å². The highest BCUT2D eigenvalue weighted by molar-refractivity contribution is 5.86. The molecule has 1 aliphatic carbocycles. The van der Waals surface area contributed by atoms with Gasteiger partial charge in [-0.05, 0) is 50.2 Å². The van der Waals surface area contributed by atoms with E-state index < -0.39 is 23.5 Å². The maximum absolute atomic E-state index is 13.8. The van der Waals surface area contributed by atoms with Gasteiger partial charge in [-0.25, -0.2) is 8.78 Å². The summed E-state index contributed by atoms with van der Waals surface area (Å²) in [4.78, 5) is 26.5. The zero-order chi connectivity index (χ0) is 17.1. The lowest BCUT2D eigenvalue weighted by Gasteiger charge is -2.23. The summed E-state index contributed by atoms with van der Waals surface area (Å²) in [5.41, 5.74) is 0.186. The molecule has 2 rings (SSSR count). The van der Waals surface area contributed by atoms with Crippen LogP contribution in [0.2, 0.25) is 0 Å². The van der Waals surface area contributed by atoms with Crippen molar-refractivity contribution < 1.29 is 23.5 Å². The van der Waals surface area contributed by atoms with Gasteiger partial charge in [0.1, 0.15) is 18.2 Å². The number of aliphatic carboxylic acids is 1. The Morgan fingerprint density at radius 1 is 1.26 bits per heavy atom. The van der Waals surface area contributed by atoms with Crippen LogP contribution in [0.3, 0.4) is 0 Å². The Bertz CT molecular complexity index is 607. The van der Waals surface area contributed by atoms with E-state index in [9.17, 15) is 18.4 Å². The third-order valence-corrected chi connectivity index (χ3v) is 3.92. The Labute approximate surface area is 133 Å². The first-order valence-corrected chi connectivity index (χ1v) is 7.40. The fourth-order valence-corrected chi connectivity index (χ4v) is 2.60. The molecule has 1 aromatic rings. The minimum Gasteiger partial charge on any atom is -0.480 e. The standard InChI is InChI=1S/C16H20F2N2O3/c1-19(2)5-6-20(9-15(21)22)16(23)13-8-11(13)12-7-10(17)3-4-14(12)18/h3-4,7,11,13H,5-6,8-9H2,1-2H3,(H,21,22)/t11-,13-/m1/s1. The van der Waals surface area contributed by atoms with Crippen molar-refractivity contribution in [3.05, 3.63) is 35.4 Å². The monoisotopic (exact) mass is 326 g/mol. The number of hydrogen-bond donors (Lipinski definition) is 1. The van der Waals surface area contributed by atoms with Gasteiger partial charge in [-0.2, -0.15) is 0 Å². The molecule has 0 aliphatic heterocycles. The van der Waals surface area contributed by atoms with E-state index in [-0.39, 0.29) is 30.5 Å². The highest BCUT2D eigenvalue weighted by atomic mass is 19.1. The van der Waals surface area contributed by atoms with Crippen LogP contribution in [0.4, 0.5) is 8.78 Å². The lowest BCUT2D eigenvalue weighted by Crippen LogP contribution is -2.41. The molecule has 0 bridgehead atoms. The van der Waals surface area contributed by atoms with Crippen LogP contribution in [-0.2, 0) is 9.59 Å². The molecule has 1 aromatic carbocycles. The van der Waals surface area contributed by atoms with Crippen LogP contribution in [0.1, 0.15) is 17.9 Å². The average molecular weight is 326 g/mol. The summed E-state index contributed by atoms with van der Waals surface area (Å²) in [5.74, 6) is -3.35. The van der Waals surface area contributed by atoms with Crippen LogP contribution in [0.5, 0.6) is 0 Å². The van der Waals surface area contributed by atoms with Gasteiger partial charge >= 0.3 is 5.97 Å². The second-order valence-corrected chi connectivity index (χ2v) is 6.07. The van der Waals surface area contributed by atoms with Crippen molar-refractivity contribution in [2.45, 2.75) is 12.3 Å². The van der Waals surface area contributed by atoms with Gasteiger partial charge in [0.05, 0.1) is 0 Å². The third kappa shape index (κ3) is 4.48. The Morgan fingerprint density at radius 2 is 1.96 bits per heavy atom. The van der Waals surface area contributed by atoms with E-state index in [1.807, 2.05) is 19.0 Å². The van der Waals surface area contributed by atoms with Crippen LogP contribution in [-0.4, -0.2) is 60.5 Å². The van der Waals surface area contributed by atoms with Crippen molar-refractivity contribution in [1.29, 1.82) is 0 Å². The maximum atomic E-state index is 13.8. The van der Waals surface area contributed by atoms with Crippen molar-refractivity contribution in [3.8, 4) is 0 Å². The van der Waals surface area contributed by atoms with Gasteiger partial charge in [0.15, 0.2) is 0 Å². The summed E-state index contributed by atoms with van der Waals surface area (Å²) < 4.78 is 27.0. The molecule has 0 aromatic heterocycles. The molecular weight excluding hydrogens is 306 g/mol. The second kappa shape index (κ2) is 7.04. The van der Waals surface area contributed by atoms with E-state index in [1.165, 1.54) is 4.90 Å². The van der Waals surface area contributed by atoms with E-state index in [0.29, 0.717) is 13.0 Å². The molecule has 0 saturated heterocycles. The number of nitrogens with zero attached hydrogens (tertiary/aromatic N) is 2. The predicted octanol–water partition coefficient (Wildman–Crippen LogP) is 1.54. The molecule has 23 heavy (non-hydrogen) atoms. The number of likely N-dealkylation sites (N-methyl/N-ethyl adjacent to an activating group) is 1.